The number of aryl methyl sites for hydroxylation is 1. The minimum absolute atomic E-state index is 0.000250. The number of para-hydroxylation sites is 1. The number of furan rings is 1. The fourth-order valence-electron chi connectivity index (χ4n) is 4.40. The first-order valence-corrected chi connectivity index (χ1v) is 13.4. The Labute approximate surface area is 210 Å². The molecule has 0 saturated carbocycles. The van der Waals surface area contributed by atoms with Gasteiger partial charge in [0.1, 0.15) is 5.76 Å². The summed E-state index contributed by atoms with van der Waals surface area (Å²) in [6, 6.07) is 25.1. The molecule has 0 unspecified atom stereocenters. The van der Waals surface area contributed by atoms with E-state index in [0.717, 1.165) is 22.1 Å². The molecular formula is C28H29NO6S. The van der Waals surface area contributed by atoms with E-state index in [1.165, 1.54) is 0 Å². The normalized spacial score (nSPS) is 11.7. The molecule has 7 nitrogen and oxygen atoms in total. The molecule has 2 N–H and O–H groups in total. The van der Waals surface area contributed by atoms with Gasteiger partial charge in [0.2, 0.25) is 10.0 Å². The van der Waals surface area contributed by atoms with Gasteiger partial charge in [-0.25, -0.2) is 17.9 Å². The van der Waals surface area contributed by atoms with Crippen molar-refractivity contribution in [2.45, 2.75) is 25.7 Å². The highest BCUT2D eigenvalue weighted by molar-refractivity contribution is 7.89. The molecule has 0 radical (unpaired) electrons. The van der Waals surface area contributed by atoms with Gasteiger partial charge in [-0.05, 0) is 37.0 Å². The topological polar surface area (TPSA) is 106 Å². The molecule has 8 heteroatoms. The number of benzene rings is 3. The van der Waals surface area contributed by atoms with E-state index >= 15 is 0 Å². The van der Waals surface area contributed by atoms with Crippen LogP contribution in [0.25, 0.3) is 11.0 Å². The smallest absolute Gasteiger partial charge is 0.341 e. The summed E-state index contributed by atoms with van der Waals surface area (Å²) >= 11 is 0. The molecule has 0 amide bonds. The molecule has 0 aliphatic carbocycles. The second kappa shape index (κ2) is 11.4. The Morgan fingerprint density at radius 3 is 2.22 bits per heavy atom. The number of ether oxygens (including phenoxy) is 1. The fourth-order valence-corrected chi connectivity index (χ4v) is 5.50. The molecule has 188 valence electrons. The average molecular weight is 508 g/mol. The zero-order valence-corrected chi connectivity index (χ0v) is 20.8. The second-order valence-electron chi connectivity index (χ2n) is 8.58. The van der Waals surface area contributed by atoms with E-state index in [1.807, 2.05) is 66.7 Å². The third-order valence-corrected chi connectivity index (χ3v) is 7.53. The molecule has 0 aliphatic heterocycles. The molecule has 1 heterocycles. The van der Waals surface area contributed by atoms with Crippen LogP contribution in [0, 0.1) is 6.92 Å². The van der Waals surface area contributed by atoms with E-state index in [2.05, 4.69) is 4.72 Å². The number of hydrogen-bond donors (Lipinski definition) is 2. The first-order valence-electron chi connectivity index (χ1n) is 11.8. The largest absolute Gasteiger partial charge is 0.479 e. The highest BCUT2D eigenvalue weighted by Crippen LogP contribution is 2.33. The number of carbonyl (C=O) groups is 1. The first-order chi connectivity index (χ1) is 17.3. The van der Waals surface area contributed by atoms with Crippen LogP contribution in [0.4, 0.5) is 0 Å². The Morgan fingerprint density at radius 1 is 0.972 bits per heavy atom. The number of nitrogens with one attached hydrogen (secondary N) is 1. The Balaban J connectivity index is 1.41. The zero-order chi connectivity index (χ0) is 25.5. The number of hydrogen-bond acceptors (Lipinski definition) is 5. The predicted octanol–water partition coefficient (Wildman–Crippen LogP) is 4.89. The summed E-state index contributed by atoms with van der Waals surface area (Å²) in [7, 11) is -3.51. The van der Waals surface area contributed by atoms with Gasteiger partial charge in [0.15, 0.2) is 17.9 Å². The van der Waals surface area contributed by atoms with Crippen molar-refractivity contribution in [3.63, 3.8) is 0 Å². The number of carboxylic acids is 1. The lowest BCUT2D eigenvalue weighted by atomic mass is 9.89. The van der Waals surface area contributed by atoms with Gasteiger partial charge in [-0.15, -0.1) is 0 Å². The zero-order valence-electron chi connectivity index (χ0n) is 20.0. The van der Waals surface area contributed by atoms with Crippen molar-refractivity contribution >= 4 is 27.0 Å². The maximum Gasteiger partial charge on any atom is 0.341 e. The van der Waals surface area contributed by atoms with Gasteiger partial charge in [-0.3, -0.25) is 0 Å². The number of rotatable bonds is 12. The van der Waals surface area contributed by atoms with Crippen LogP contribution in [0.3, 0.4) is 0 Å². The van der Waals surface area contributed by atoms with Crippen molar-refractivity contribution in [1.82, 2.24) is 4.72 Å². The molecule has 0 bridgehead atoms. The van der Waals surface area contributed by atoms with Crippen molar-refractivity contribution < 1.29 is 27.5 Å². The Kier molecular flexibility index (Phi) is 8.07. The van der Waals surface area contributed by atoms with E-state index in [4.69, 9.17) is 14.3 Å². The minimum atomic E-state index is -3.51. The van der Waals surface area contributed by atoms with E-state index in [9.17, 15) is 13.2 Å². The minimum Gasteiger partial charge on any atom is -0.479 e. The Bertz CT molecular complexity index is 1380. The lowest BCUT2D eigenvalue weighted by Gasteiger charge is -2.18. The molecule has 1 aromatic heterocycles. The average Bonchev–Trinajstić information content (AvgIpc) is 3.19. The predicted molar refractivity (Wildman–Crippen MR) is 139 cm³/mol. The maximum atomic E-state index is 12.9. The summed E-state index contributed by atoms with van der Waals surface area (Å²) in [5.74, 6) is -0.110. The summed E-state index contributed by atoms with van der Waals surface area (Å²) in [5, 5.41) is 9.67. The number of fused-ring (bicyclic) bond motifs is 1. The lowest BCUT2D eigenvalue weighted by molar-refractivity contribution is -0.139. The van der Waals surface area contributed by atoms with Crippen LogP contribution in [-0.4, -0.2) is 38.4 Å². The van der Waals surface area contributed by atoms with Gasteiger partial charge in [0.25, 0.3) is 0 Å². The number of sulfonamides is 1. The molecule has 3 aromatic carbocycles. The van der Waals surface area contributed by atoms with Crippen molar-refractivity contribution in [3.05, 3.63) is 101 Å². The van der Waals surface area contributed by atoms with E-state index in [-0.39, 0.29) is 18.2 Å². The quantitative estimate of drug-likeness (QED) is 0.283. The van der Waals surface area contributed by atoms with Gasteiger partial charge in [-0.2, -0.15) is 0 Å². The van der Waals surface area contributed by atoms with Crippen molar-refractivity contribution in [3.8, 4) is 5.75 Å². The second-order valence-corrected chi connectivity index (χ2v) is 10.5. The Hall–Kier alpha value is -3.62. The molecule has 0 aliphatic rings. The number of carboxylic acid groups (broad SMARTS) is 1. The highest BCUT2D eigenvalue weighted by Gasteiger charge is 2.20. The van der Waals surface area contributed by atoms with Gasteiger partial charge < -0.3 is 14.3 Å². The van der Waals surface area contributed by atoms with Crippen LogP contribution in [0.15, 0.2) is 83.3 Å². The van der Waals surface area contributed by atoms with Crippen LogP contribution in [0.5, 0.6) is 5.75 Å². The summed E-state index contributed by atoms with van der Waals surface area (Å²) in [4.78, 5) is 10.9. The van der Waals surface area contributed by atoms with Crippen LogP contribution < -0.4 is 9.46 Å². The van der Waals surface area contributed by atoms with Crippen molar-refractivity contribution in [2.75, 3.05) is 18.9 Å². The van der Waals surface area contributed by atoms with Crippen molar-refractivity contribution in [1.29, 1.82) is 0 Å². The van der Waals surface area contributed by atoms with Crippen LogP contribution in [0.2, 0.25) is 0 Å². The molecule has 0 spiro atoms. The lowest BCUT2D eigenvalue weighted by Crippen LogP contribution is -2.29. The van der Waals surface area contributed by atoms with Crippen molar-refractivity contribution in [2.24, 2.45) is 0 Å². The standard InChI is InChI=1S/C28H29NO6S/c1-20-23(25-13-8-14-26(28(25)35-20)34-19-27(30)31)15-17-29-36(32,33)18-16-24(21-9-4-2-5-10-21)22-11-6-3-7-12-22/h2-14,24,29H,15-19H2,1H3,(H,30,31). The molecule has 4 rings (SSSR count). The summed E-state index contributed by atoms with van der Waals surface area (Å²) < 4.78 is 39.6. The highest BCUT2D eigenvalue weighted by atomic mass is 32.2. The van der Waals surface area contributed by atoms with Gasteiger partial charge in [-0.1, -0.05) is 72.8 Å². The Morgan fingerprint density at radius 2 is 1.61 bits per heavy atom. The first kappa shape index (κ1) is 25.5. The van der Waals surface area contributed by atoms with Gasteiger partial charge >= 0.3 is 5.97 Å². The molecule has 0 fully saturated rings. The SMILES string of the molecule is Cc1oc2c(OCC(=O)O)cccc2c1CCNS(=O)(=O)CCC(c1ccccc1)c1ccccc1. The fraction of sp³-hybridized carbons (Fsp3) is 0.250. The molecule has 0 saturated heterocycles. The van der Waals surface area contributed by atoms with Gasteiger partial charge in [0.05, 0.1) is 5.75 Å². The van der Waals surface area contributed by atoms with Crippen LogP contribution >= 0.6 is 0 Å². The maximum absolute atomic E-state index is 12.9. The third kappa shape index (κ3) is 6.33. The summed E-state index contributed by atoms with van der Waals surface area (Å²) in [5.41, 5.74) is 3.49. The van der Waals surface area contributed by atoms with Gasteiger partial charge in [0, 0.05) is 23.4 Å². The van der Waals surface area contributed by atoms with Crippen LogP contribution in [-0.2, 0) is 21.2 Å². The molecular weight excluding hydrogens is 478 g/mol. The third-order valence-electron chi connectivity index (χ3n) is 6.11. The number of aliphatic carboxylic acids is 1. The monoisotopic (exact) mass is 507 g/mol. The van der Waals surface area contributed by atoms with E-state index < -0.39 is 22.6 Å². The molecule has 4 aromatic rings. The summed E-state index contributed by atoms with van der Waals surface area (Å²) in [6.07, 6.45) is 0.891. The van der Waals surface area contributed by atoms with E-state index in [0.29, 0.717) is 29.9 Å². The van der Waals surface area contributed by atoms with Crippen LogP contribution in [0.1, 0.15) is 34.8 Å². The molecule has 36 heavy (non-hydrogen) atoms. The summed E-state index contributed by atoms with van der Waals surface area (Å²) in [6.45, 7) is 1.55. The van der Waals surface area contributed by atoms with E-state index in [1.54, 1.807) is 19.1 Å². The molecule has 0 atom stereocenters.